The third-order valence-corrected chi connectivity index (χ3v) is 11.1. The lowest BCUT2D eigenvalue weighted by Crippen LogP contribution is -2.00. The molecule has 4 aromatic heterocycles. The number of fused-ring (bicyclic) bond motifs is 10. The molecule has 0 aliphatic carbocycles. The lowest BCUT2D eigenvalue weighted by molar-refractivity contribution is 0.668. The van der Waals surface area contributed by atoms with Crippen molar-refractivity contribution in [3.8, 4) is 56.5 Å². The summed E-state index contributed by atoms with van der Waals surface area (Å²) in [6.45, 7) is 0. The first kappa shape index (κ1) is 32.3. The maximum atomic E-state index is 6.41. The van der Waals surface area contributed by atoms with Gasteiger partial charge in [0, 0.05) is 60.0 Å². The molecular weight excluding hydrogens is 713 g/mol. The van der Waals surface area contributed by atoms with Gasteiger partial charge in [-0.3, -0.25) is 0 Å². The minimum atomic E-state index is 0.574. The molecule has 0 saturated heterocycles. The van der Waals surface area contributed by atoms with Gasteiger partial charge < -0.3 is 8.83 Å². The van der Waals surface area contributed by atoms with Crippen molar-refractivity contribution in [1.82, 2.24) is 19.9 Å². The van der Waals surface area contributed by atoms with Crippen LogP contribution < -0.4 is 0 Å². The summed E-state index contributed by atoms with van der Waals surface area (Å²) in [5.41, 5.74) is 11.0. The summed E-state index contributed by atoms with van der Waals surface area (Å²) in [6, 6.07) is 62.2. The van der Waals surface area contributed by atoms with Crippen molar-refractivity contribution >= 4 is 65.6 Å². The molecule has 0 amide bonds. The smallest absolute Gasteiger partial charge is 0.164 e. The van der Waals surface area contributed by atoms with Crippen molar-refractivity contribution in [2.24, 2.45) is 0 Å². The van der Waals surface area contributed by atoms with Crippen LogP contribution in [0.25, 0.3) is 122 Å². The Bertz CT molecular complexity index is 3570. The number of para-hydroxylation sites is 2. The van der Waals surface area contributed by atoms with Crippen LogP contribution in [0.4, 0.5) is 0 Å². The van der Waals surface area contributed by atoms with Gasteiger partial charge in [0.05, 0.1) is 11.2 Å². The number of aromatic nitrogens is 4. The summed E-state index contributed by atoms with van der Waals surface area (Å²) in [6.07, 6.45) is 0. The van der Waals surface area contributed by atoms with Crippen molar-refractivity contribution in [3.63, 3.8) is 0 Å². The van der Waals surface area contributed by atoms with Crippen molar-refractivity contribution in [3.05, 3.63) is 182 Å². The first-order valence-electron chi connectivity index (χ1n) is 19.3. The molecule has 0 radical (unpaired) electrons. The fourth-order valence-corrected chi connectivity index (χ4v) is 8.36. The molecule has 58 heavy (non-hydrogen) atoms. The van der Waals surface area contributed by atoms with E-state index in [1.165, 1.54) is 0 Å². The van der Waals surface area contributed by atoms with Crippen LogP contribution in [0.1, 0.15) is 0 Å². The van der Waals surface area contributed by atoms with Gasteiger partial charge in [-0.25, -0.2) is 19.9 Å². The zero-order valence-corrected chi connectivity index (χ0v) is 30.9. The highest BCUT2D eigenvalue weighted by atomic mass is 16.3. The number of rotatable bonds is 5. The summed E-state index contributed by atoms with van der Waals surface area (Å²) in [5, 5.41) is 7.58. The van der Waals surface area contributed by atoms with E-state index < -0.39 is 0 Å². The maximum Gasteiger partial charge on any atom is 0.164 e. The van der Waals surface area contributed by atoms with Gasteiger partial charge in [-0.2, -0.15) is 0 Å². The minimum Gasteiger partial charge on any atom is -0.456 e. The van der Waals surface area contributed by atoms with Crippen molar-refractivity contribution < 1.29 is 8.83 Å². The number of pyridine rings is 1. The van der Waals surface area contributed by atoms with E-state index in [9.17, 15) is 0 Å². The Hall–Kier alpha value is -7.96. The molecule has 4 heterocycles. The highest BCUT2D eigenvalue weighted by Crippen LogP contribution is 2.42. The summed E-state index contributed by atoms with van der Waals surface area (Å²) < 4.78 is 12.7. The Morgan fingerprint density at radius 2 is 0.828 bits per heavy atom. The molecule has 0 atom stereocenters. The van der Waals surface area contributed by atoms with Crippen LogP contribution in [-0.2, 0) is 0 Å². The number of furan rings is 2. The molecule has 12 aromatic rings. The molecule has 0 aliphatic rings. The monoisotopic (exact) mass is 742 g/mol. The van der Waals surface area contributed by atoms with E-state index in [1.807, 2.05) is 72.8 Å². The number of hydrogen-bond acceptors (Lipinski definition) is 6. The average molecular weight is 743 g/mol. The normalized spacial score (nSPS) is 11.8. The third-order valence-electron chi connectivity index (χ3n) is 11.1. The molecule has 0 fully saturated rings. The molecule has 0 aliphatic heterocycles. The van der Waals surface area contributed by atoms with Crippen molar-refractivity contribution in [1.29, 1.82) is 0 Å². The van der Waals surface area contributed by atoms with E-state index in [1.54, 1.807) is 0 Å². The molecule has 12 rings (SSSR count). The molecule has 6 nitrogen and oxygen atoms in total. The Balaban J connectivity index is 1.04. The van der Waals surface area contributed by atoms with Gasteiger partial charge >= 0.3 is 0 Å². The van der Waals surface area contributed by atoms with Crippen LogP contribution in [0.3, 0.4) is 0 Å². The van der Waals surface area contributed by atoms with E-state index >= 15 is 0 Å². The van der Waals surface area contributed by atoms with E-state index in [-0.39, 0.29) is 0 Å². The summed E-state index contributed by atoms with van der Waals surface area (Å²) >= 11 is 0. The van der Waals surface area contributed by atoms with Gasteiger partial charge in [0.15, 0.2) is 17.5 Å². The third kappa shape index (κ3) is 5.20. The van der Waals surface area contributed by atoms with Crippen molar-refractivity contribution in [2.75, 3.05) is 0 Å². The van der Waals surface area contributed by atoms with Gasteiger partial charge in [-0.15, -0.1) is 0 Å². The SMILES string of the molecule is c1ccc(-c2nc(-c3cccc(-c4ccc5nc(-c6ccccc6)c6ccc7oc8ccccc8c7c6c5c4)c3)nc(-c3ccc4c(c3)oc3ccccc34)n2)cc1. The summed E-state index contributed by atoms with van der Waals surface area (Å²) in [5.74, 6) is 1.76. The van der Waals surface area contributed by atoms with Crippen LogP contribution in [-0.4, -0.2) is 19.9 Å². The molecule has 270 valence electrons. The van der Waals surface area contributed by atoms with E-state index in [0.29, 0.717) is 17.5 Å². The fourth-order valence-electron chi connectivity index (χ4n) is 8.36. The van der Waals surface area contributed by atoms with Gasteiger partial charge in [-0.05, 0) is 65.7 Å². The Kier molecular flexibility index (Phi) is 7.13. The van der Waals surface area contributed by atoms with Gasteiger partial charge in [-0.1, -0.05) is 127 Å². The van der Waals surface area contributed by atoms with Gasteiger partial charge in [0.2, 0.25) is 0 Å². The van der Waals surface area contributed by atoms with E-state index in [2.05, 4.69) is 109 Å². The minimum absolute atomic E-state index is 0.574. The Morgan fingerprint density at radius 3 is 1.62 bits per heavy atom. The zero-order valence-electron chi connectivity index (χ0n) is 30.9. The molecule has 0 bridgehead atoms. The highest BCUT2D eigenvalue weighted by molar-refractivity contribution is 6.28. The average Bonchev–Trinajstić information content (AvgIpc) is 3.87. The van der Waals surface area contributed by atoms with E-state index in [4.69, 9.17) is 28.8 Å². The zero-order chi connectivity index (χ0) is 38.2. The lowest BCUT2D eigenvalue weighted by Gasteiger charge is -2.13. The molecule has 0 N–H and O–H groups in total. The van der Waals surface area contributed by atoms with Crippen molar-refractivity contribution in [2.45, 2.75) is 0 Å². The predicted octanol–water partition coefficient (Wildman–Crippen LogP) is 13.7. The molecule has 8 aromatic carbocycles. The standard InChI is InChI=1S/C52H30N4O2/c1-3-12-31(13-4-1)49-40-25-27-45-48(39-19-8-10-21-44(39)57-45)47(40)41-29-34(23-26-42(41)53-49)33-16-11-17-35(28-33)51-54-50(32-14-5-2-6-15-32)55-52(56-51)36-22-24-38-37-18-7-9-20-43(37)58-46(38)30-36/h1-30H. The van der Waals surface area contributed by atoms with E-state index in [0.717, 1.165) is 105 Å². The fraction of sp³-hybridized carbons (Fsp3) is 0. The van der Waals surface area contributed by atoms with Crippen LogP contribution >= 0.6 is 0 Å². The molecule has 0 spiro atoms. The lowest BCUT2D eigenvalue weighted by atomic mass is 9.94. The second-order valence-corrected chi connectivity index (χ2v) is 14.6. The van der Waals surface area contributed by atoms with Crippen LogP contribution in [0.2, 0.25) is 0 Å². The topological polar surface area (TPSA) is 77.8 Å². The predicted molar refractivity (Wildman–Crippen MR) is 234 cm³/mol. The van der Waals surface area contributed by atoms with Crippen LogP contribution in [0, 0.1) is 0 Å². The molecular formula is C52H30N4O2. The number of hydrogen-bond donors (Lipinski definition) is 0. The first-order chi connectivity index (χ1) is 28.7. The molecule has 6 heteroatoms. The van der Waals surface area contributed by atoms with Crippen LogP contribution in [0.5, 0.6) is 0 Å². The first-order valence-corrected chi connectivity index (χ1v) is 19.3. The van der Waals surface area contributed by atoms with Crippen LogP contribution in [0.15, 0.2) is 191 Å². The number of benzene rings is 8. The summed E-state index contributed by atoms with van der Waals surface area (Å²) in [7, 11) is 0. The second kappa shape index (κ2) is 12.8. The van der Waals surface area contributed by atoms with Gasteiger partial charge in [0.25, 0.3) is 0 Å². The quantitative estimate of drug-likeness (QED) is 0.163. The largest absolute Gasteiger partial charge is 0.456 e. The maximum absolute atomic E-state index is 6.41. The van der Waals surface area contributed by atoms with Gasteiger partial charge in [0.1, 0.15) is 22.3 Å². The highest BCUT2D eigenvalue weighted by Gasteiger charge is 2.19. The summed E-state index contributed by atoms with van der Waals surface area (Å²) in [4.78, 5) is 20.4. The number of nitrogens with zero attached hydrogens (tertiary/aromatic N) is 4. The Morgan fingerprint density at radius 1 is 0.276 bits per heavy atom. The Labute approximate surface area is 331 Å². The molecule has 0 saturated carbocycles. The molecule has 0 unspecified atom stereocenters. The second-order valence-electron chi connectivity index (χ2n) is 14.6.